The van der Waals surface area contributed by atoms with Crippen molar-refractivity contribution >= 4 is 29.1 Å². The standard InChI is InChI=1S/C14H17N3O.2C13H15N3O.C13H15N3.C13H14N2O2.2C13H14N2O.C12H13N3O.C12H12N2O/c1-10-7-5-6-8-11(10)12-9-15-13(17(2)3)14(16-12)18-4;1-9-6-4-5-7-10(9)11-8-15-12(14-2)13(16-11)17-3;1-3-17-13-12(14)15-8-11(16-13)10-7-5-4-6-9(10)2;1-3-11-13(14)15-8-12(16-11)10-7-5-4-6-9(10)2;1-9-6-4-5-7-10(9)11-8-14-12(16-2)13(15-11)17-3;1-9-6-4-5-7-11(9)12-8-14-10(2)13(15-12)16-3;1-3-16-13-9-14-8-12(15-13)11-7-5-4-6-10(11)2;1-8-5-3-4-6-9(8)10-7-14-11(13)12(15-10)16-2;1-9-5-3-4-6-10(9)11-7-13-8-12(14-11)15-2/h5-9H,1-4H3;4-8H,1-3H3,(H,14,15);4-8H,3H2,1-2H3,(H2,14,15);4-8H,3H2,1-2H3,(H2,14,15);4-8H,1-3H3;4-8H,1-3H3;4-9H,3H2,1-2H3;3-7H,1-2H3,(H2,13,14);3-8H,1-2H3. The summed E-state index contributed by atoms with van der Waals surface area (Å²) in [5.41, 5.74) is 46.3. The largest absolute Gasteiger partial charge is 0.480 e. The molecule has 18 aromatic rings. The van der Waals surface area contributed by atoms with Gasteiger partial charge in [-0.15, -0.1) is 0 Å². The smallest absolute Gasteiger partial charge is 0.278 e. The molecule has 0 radical (unpaired) electrons. The van der Waals surface area contributed by atoms with Gasteiger partial charge in [0.1, 0.15) is 5.82 Å². The van der Waals surface area contributed by atoms with Crippen molar-refractivity contribution in [1.82, 2.24) is 89.7 Å². The monoisotopic (exact) mass is 1990 g/mol. The highest BCUT2D eigenvalue weighted by Crippen LogP contribution is 2.35. The number of aromatic nitrogens is 18. The van der Waals surface area contributed by atoms with Crippen LogP contribution in [0, 0.1) is 69.2 Å². The lowest BCUT2D eigenvalue weighted by atomic mass is 10.1. The maximum Gasteiger partial charge on any atom is 0.278 e. The van der Waals surface area contributed by atoms with Gasteiger partial charge in [-0.1, -0.05) is 225 Å². The van der Waals surface area contributed by atoms with Crippen molar-refractivity contribution in [3.05, 3.63) is 348 Å². The highest BCUT2D eigenvalue weighted by molar-refractivity contribution is 5.72. The van der Waals surface area contributed by atoms with E-state index < -0.39 is 0 Å². The molecular formula is C116H129N23O9. The predicted molar refractivity (Wildman–Crippen MR) is 589 cm³/mol. The fourth-order valence-corrected chi connectivity index (χ4v) is 14.5. The quantitative estimate of drug-likeness (QED) is 0.0462. The molecule has 0 bridgehead atoms. The zero-order chi connectivity index (χ0) is 107. The van der Waals surface area contributed by atoms with Gasteiger partial charge in [0.25, 0.3) is 35.3 Å². The van der Waals surface area contributed by atoms with Crippen molar-refractivity contribution in [2.45, 2.75) is 96.4 Å². The Bertz CT molecular complexity index is 7000. The van der Waals surface area contributed by atoms with E-state index in [0.717, 1.165) is 142 Å². The minimum absolute atomic E-state index is 0.305. The van der Waals surface area contributed by atoms with Gasteiger partial charge >= 0.3 is 0 Å². The lowest BCUT2D eigenvalue weighted by Crippen LogP contribution is -2.13. The summed E-state index contributed by atoms with van der Waals surface area (Å²) < 4.78 is 46.6. The van der Waals surface area contributed by atoms with Crippen LogP contribution in [-0.4, -0.2) is 174 Å². The Labute approximate surface area is 866 Å². The fraction of sp³-hybridized carbons (Fsp3) is 0.224. The van der Waals surface area contributed by atoms with E-state index in [4.69, 9.17) is 59.8 Å². The van der Waals surface area contributed by atoms with Crippen LogP contribution in [0.4, 0.5) is 29.1 Å². The molecule has 0 aliphatic carbocycles. The molecule has 32 nitrogen and oxygen atoms in total. The molecule has 18 rings (SSSR count). The van der Waals surface area contributed by atoms with Gasteiger partial charge in [0.15, 0.2) is 23.3 Å². The van der Waals surface area contributed by atoms with E-state index in [0.29, 0.717) is 89.4 Å². The number of methoxy groups -OCH3 is 7. The Morgan fingerprint density at radius 2 is 0.527 bits per heavy atom. The molecule has 9 aromatic heterocycles. The van der Waals surface area contributed by atoms with Gasteiger partial charge in [0.05, 0.1) is 194 Å². The summed E-state index contributed by atoms with van der Waals surface area (Å²) in [5.74, 6) is 6.82. The Morgan fingerprint density at radius 1 is 0.250 bits per heavy atom. The summed E-state index contributed by atoms with van der Waals surface area (Å²) in [4.78, 5) is 79.4. The molecule has 0 atom stereocenters. The lowest BCUT2D eigenvalue weighted by Gasteiger charge is -2.15. The molecule has 0 saturated carbocycles. The number of rotatable bonds is 23. The summed E-state index contributed by atoms with van der Waals surface area (Å²) in [6, 6.07) is 72.6. The Balaban J connectivity index is 0.000000170. The van der Waals surface area contributed by atoms with Gasteiger partial charge in [0, 0.05) is 71.2 Å². The van der Waals surface area contributed by atoms with E-state index in [2.05, 4.69) is 179 Å². The van der Waals surface area contributed by atoms with Crippen LogP contribution in [0.25, 0.3) is 101 Å². The van der Waals surface area contributed by atoms with Crippen molar-refractivity contribution in [2.24, 2.45) is 0 Å². The molecule has 148 heavy (non-hydrogen) atoms. The van der Waals surface area contributed by atoms with Crippen molar-refractivity contribution in [3.63, 3.8) is 0 Å². The first-order chi connectivity index (χ1) is 71.6. The number of nitrogen functional groups attached to an aromatic ring is 3. The van der Waals surface area contributed by atoms with Gasteiger partial charge in [0.2, 0.25) is 17.6 Å². The molecule has 9 heterocycles. The molecule has 0 unspecified atom stereocenters. The van der Waals surface area contributed by atoms with Crippen LogP contribution in [0.1, 0.15) is 82.2 Å². The summed E-state index contributed by atoms with van der Waals surface area (Å²) in [6.45, 7) is 27.3. The number of hydrogen-bond acceptors (Lipinski definition) is 32. The first kappa shape index (κ1) is 112. The maximum atomic E-state index is 5.74. The van der Waals surface area contributed by atoms with Gasteiger partial charge in [-0.25, -0.2) is 74.8 Å². The molecular weight excluding hydrogens is 1860 g/mol. The molecule has 0 aliphatic heterocycles. The number of nitrogens with one attached hydrogen (secondary N) is 1. The third kappa shape index (κ3) is 31.5. The molecule has 0 aliphatic rings. The van der Waals surface area contributed by atoms with Crippen LogP contribution in [0.2, 0.25) is 0 Å². The van der Waals surface area contributed by atoms with E-state index in [-0.39, 0.29) is 0 Å². The third-order valence-corrected chi connectivity index (χ3v) is 22.4. The van der Waals surface area contributed by atoms with E-state index in [1.807, 2.05) is 243 Å². The molecule has 9 aromatic carbocycles. The van der Waals surface area contributed by atoms with Crippen LogP contribution < -0.4 is 70.0 Å². The zero-order valence-corrected chi connectivity index (χ0v) is 88.2. The van der Waals surface area contributed by atoms with Crippen molar-refractivity contribution in [1.29, 1.82) is 0 Å². The Hall–Kier alpha value is -18.1. The fourth-order valence-electron chi connectivity index (χ4n) is 14.5. The first-order valence-electron chi connectivity index (χ1n) is 47.5. The van der Waals surface area contributed by atoms with Crippen molar-refractivity contribution in [2.75, 3.05) is 112 Å². The van der Waals surface area contributed by atoms with Gasteiger partial charge in [-0.05, 0) is 140 Å². The van der Waals surface area contributed by atoms with Gasteiger partial charge in [-0.2, -0.15) is 0 Å². The highest BCUT2D eigenvalue weighted by Gasteiger charge is 2.19. The van der Waals surface area contributed by atoms with Crippen LogP contribution in [0.5, 0.6) is 52.9 Å². The average molecular weight is 1990 g/mol. The first-order valence-corrected chi connectivity index (χ1v) is 47.5. The summed E-state index contributed by atoms with van der Waals surface area (Å²) >= 11 is 0. The van der Waals surface area contributed by atoms with Crippen LogP contribution in [0.15, 0.2) is 287 Å². The molecule has 0 spiro atoms. The van der Waals surface area contributed by atoms with E-state index in [9.17, 15) is 0 Å². The normalized spacial score (nSPS) is 10.2. The average Bonchev–Trinajstić information content (AvgIpc) is 0.947. The number of ether oxygens (including phenoxy) is 9. The van der Waals surface area contributed by atoms with Crippen molar-refractivity contribution < 1.29 is 42.6 Å². The summed E-state index contributed by atoms with van der Waals surface area (Å²) in [5, 5.41) is 2.94. The molecule has 0 amide bonds. The molecule has 0 saturated heterocycles. The van der Waals surface area contributed by atoms with Gasteiger partial charge in [-0.3, -0.25) is 15.0 Å². The minimum atomic E-state index is 0.305. The van der Waals surface area contributed by atoms with Crippen LogP contribution in [0.3, 0.4) is 0 Å². The lowest BCUT2D eigenvalue weighted by molar-refractivity contribution is 0.325. The maximum absolute atomic E-state index is 5.74. The zero-order valence-electron chi connectivity index (χ0n) is 88.2. The van der Waals surface area contributed by atoms with Crippen LogP contribution >= 0.6 is 0 Å². The summed E-state index contributed by atoms with van der Waals surface area (Å²) in [7, 11) is 16.6. The predicted octanol–water partition coefficient (Wildman–Crippen LogP) is 22.7. The van der Waals surface area contributed by atoms with Gasteiger partial charge < -0.3 is 70.0 Å². The number of aryl methyl sites for hydroxylation is 11. The number of nitrogens with two attached hydrogens (primary N) is 3. The number of nitrogens with zero attached hydrogens (tertiary/aromatic N) is 19. The topological polar surface area (TPSA) is 408 Å². The van der Waals surface area contributed by atoms with Crippen molar-refractivity contribution in [3.8, 4) is 154 Å². The minimum Gasteiger partial charge on any atom is -0.480 e. The van der Waals surface area contributed by atoms with E-state index in [1.54, 1.807) is 118 Å². The molecule has 7 N–H and O–H groups in total. The second-order valence-electron chi connectivity index (χ2n) is 32.9. The number of anilines is 5. The molecule has 32 heteroatoms. The third-order valence-electron chi connectivity index (χ3n) is 22.4. The highest BCUT2D eigenvalue weighted by atomic mass is 16.5. The van der Waals surface area contributed by atoms with E-state index in [1.165, 1.54) is 40.5 Å². The Kier molecular flexibility index (Phi) is 43.3. The van der Waals surface area contributed by atoms with E-state index >= 15 is 0 Å². The Morgan fingerprint density at radius 3 is 0.865 bits per heavy atom. The number of hydrogen-bond donors (Lipinski definition) is 4. The summed E-state index contributed by atoms with van der Waals surface area (Å²) in [6.07, 6.45) is 19.6. The SMILES string of the molecule is CCOc1cncc(-c2ccccc2C)n1.CCOc1nc(-c2ccccc2C)cnc1N.CCc1nc(-c2ccccc2C)cnc1N.CNc1ncc(-c2ccccc2C)nc1OC.COc1cncc(-c2ccccc2C)n1.COc1nc(-c2ccccc2C)cnc1C.COc1nc(-c2ccccc2C)cnc1N.COc1nc(-c2ccccc2C)cnc1N(C)C.COc1ncc(-c2ccccc2C)nc1OC. The second kappa shape index (κ2) is 57.3. The molecule has 0 fully saturated rings. The second-order valence-corrected chi connectivity index (χ2v) is 32.9. The van der Waals surface area contributed by atoms with Crippen LogP contribution in [-0.2, 0) is 6.42 Å². The molecule has 762 valence electrons. The number of benzene rings is 9.